The maximum atomic E-state index is 4.59. The van der Waals surface area contributed by atoms with E-state index in [4.69, 9.17) is 0 Å². The summed E-state index contributed by atoms with van der Waals surface area (Å²) >= 11 is 7.00. The zero-order chi connectivity index (χ0) is 13.1. The molecule has 0 bridgehead atoms. The van der Waals surface area contributed by atoms with Gasteiger partial charge in [-0.2, -0.15) is 5.10 Å². The zero-order valence-electron chi connectivity index (χ0n) is 10.6. The Morgan fingerprint density at radius 3 is 2.67 bits per heavy atom. The maximum absolute atomic E-state index is 4.59. The molecule has 0 amide bonds. The number of thioether (sulfide) groups is 1. The molecule has 0 aromatic carbocycles. The predicted octanol–water partition coefficient (Wildman–Crippen LogP) is 3.68. The molecule has 2 aromatic rings. The molecular formula is C11H15BrN4S2. The van der Waals surface area contributed by atoms with Crippen molar-refractivity contribution in [1.82, 2.24) is 20.0 Å². The molecule has 2 rings (SSSR count). The lowest BCUT2D eigenvalue weighted by atomic mass is 10.3. The van der Waals surface area contributed by atoms with Crippen LogP contribution in [0.4, 0.5) is 0 Å². The lowest BCUT2D eigenvalue weighted by Gasteiger charge is -2.03. The molecule has 0 radical (unpaired) electrons. The summed E-state index contributed by atoms with van der Waals surface area (Å²) in [5.74, 6) is 0.871. The first-order chi connectivity index (χ1) is 8.65. The Labute approximate surface area is 123 Å². The molecule has 0 aliphatic heterocycles. The van der Waals surface area contributed by atoms with Gasteiger partial charge in [0, 0.05) is 12.3 Å². The fraction of sp³-hybridized carbons (Fsp3) is 0.545. The van der Waals surface area contributed by atoms with Crippen molar-refractivity contribution >= 4 is 39.0 Å². The molecule has 0 spiro atoms. The van der Waals surface area contributed by atoms with E-state index in [9.17, 15) is 0 Å². The van der Waals surface area contributed by atoms with E-state index in [1.54, 1.807) is 23.1 Å². The van der Waals surface area contributed by atoms with Gasteiger partial charge in [0.15, 0.2) is 4.34 Å². The minimum Gasteiger partial charge on any atom is -0.268 e. The average Bonchev–Trinajstić information content (AvgIpc) is 2.91. The fourth-order valence-corrected chi connectivity index (χ4v) is 4.35. The summed E-state index contributed by atoms with van der Waals surface area (Å²) < 4.78 is 4.21. The molecule has 0 saturated carbocycles. The topological polar surface area (TPSA) is 43.6 Å². The Bertz CT molecular complexity index is 535. The second-order valence-electron chi connectivity index (χ2n) is 3.75. The van der Waals surface area contributed by atoms with Gasteiger partial charge in [-0.3, -0.25) is 4.68 Å². The minimum atomic E-state index is 0.871. The molecule has 0 saturated heterocycles. The first-order valence-electron chi connectivity index (χ1n) is 5.82. The van der Waals surface area contributed by atoms with Gasteiger partial charge in [-0.05, 0) is 36.2 Å². The smallest absolute Gasteiger partial charge is 0.174 e. The largest absolute Gasteiger partial charge is 0.268 e. The molecular weight excluding hydrogens is 332 g/mol. The van der Waals surface area contributed by atoms with E-state index < -0.39 is 0 Å². The van der Waals surface area contributed by atoms with E-state index in [1.807, 2.05) is 6.92 Å². The van der Waals surface area contributed by atoms with E-state index >= 15 is 0 Å². The molecule has 0 N–H and O–H groups in total. The third kappa shape index (κ3) is 2.95. The van der Waals surface area contributed by atoms with Crippen LogP contribution in [0.1, 0.15) is 30.2 Å². The molecule has 18 heavy (non-hydrogen) atoms. The lowest BCUT2D eigenvalue weighted by Crippen LogP contribution is -2.01. The van der Waals surface area contributed by atoms with Crippen LogP contribution in [0.25, 0.3) is 0 Å². The third-order valence-electron chi connectivity index (χ3n) is 2.53. The number of halogens is 1. The van der Waals surface area contributed by atoms with Gasteiger partial charge in [-0.1, -0.05) is 30.0 Å². The average molecular weight is 347 g/mol. The normalized spacial score (nSPS) is 11.1. The van der Waals surface area contributed by atoms with Crippen LogP contribution in [0, 0.1) is 6.92 Å². The van der Waals surface area contributed by atoms with E-state index in [-0.39, 0.29) is 0 Å². The quantitative estimate of drug-likeness (QED) is 0.774. The van der Waals surface area contributed by atoms with Crippen molar-refractivity contribution in [2.75, 3.05) is 0 Å². The van der Waals surface area contributed by atoms with Crippen LogP contribution in [0.5, 0.6) is 0 Å². The number of aryl methyl sites for hydroxylation is 3. The lowest BCUT2D eigenvalue weighted by molar-refractivity contribution is 0.627. The van der Waals surface area contributed by atoms with Crippen molar-refractivity contribution < 1.29 is 0 Å². The highest BCUT2D eigenvalue weighted by Crippen LogP contribution is 2.30. The van der Waals surface area contributed by atoms with Crippen LogP contribution in [-0.4, -0.2) is 20.0 Å². The fourth-order valence-electron chi connectivity index (χ4n) is 1.62. The highest BCUT2D eigenvalue weighted by atomic mass is 79.9. The van der Waals surface area contributed by atoms with Crippen molar-refractivity contribution in [2.45, 2.75) is 43.8 Å². The zero-order valence-corrected chi connectivity index (χ0v) is 13.8. The van der Waals surface area contributed by atoms with Crippen LogP contribution < -0.4 is 0 Å². The summed E-state index contributed by atoms with van der Waals surface area (Å²) in [6.45, 7) is 7.10. The van der Waals surface area contributed by atoms with Crippen LogP contribution in [0.2, 0.25) is 0 Å². The molecule has 0 aliphatic carbocycles. The highest BCUT2D eigenvalue weighted by Gasteiger charge is 2.14. The standard InChI is InChI=1S/C11H15BrN4S2/c1-4-8-10(12)9(16(5-2)15-8)6-17-11-14-13-7(3)18-11/h4-6H2,1-3H3. The first kappa shape index (κ1) is 14.0. The summed E-state index contributed by atoms with van der Waals surface area (Å²) in [5.41, 5.74) is 2.35. The molecule has 4 nitrogen and oxygen atoms in total. The maximum Gasteiger partial charge on any atom is 0.174 e. The Kier molecular flexibility index (Phi) is 4.80. The molecule has 0 fully saturated rings. The van der Waals surface area contributed by atoms with E-state index in [2.05, 4.69) is 49.8 Å². The van der Waals surface area contributed by atoms with E-state index in [1.165, 1.54) is 5.69 Å². The van der Waals surface area contributed by atoms with Gasteiger partial charge in [-0.15, -0.1) is 10.2 Å². The first-order valence-corrected chi connectivity index (χ1v) is 8.42. The Hall–Kier alpha value is -0.400. The molecule has 0 aliphatic rings. The van der Waals surface area contributed by atoms with Gasteiger partial charge >= 0.3 is 0 Å². The van der Waals surface area contributed by atoms with Crippen molar-refractivity contribution in [1.29, 1.82) is 0 Å². The molecule has 2 aromatic heterocycles. The number of hydrogen-bond donors (Lipinski definition) is 0. The van der Waals surface area contributed by atoms with Gasteiger partial charge in [0.25, 0.3) is 0 Å². The molecule has 0 atom stereocenters. The number of aromatic nitrogens is 4. The summed E-state index contributed by atoms with van der Waals surface area (Å²) in [5, 5.41) is 13.8. The van der Waals surface area contributed by atoms with Crippen LogP contribution >= 0.6 is 39.0 Å². The Balaban J connectivity index is 2.15. The number of hydrogen-bond acceptors (Lipinski definition) is 5. The highest BCUT2D eigenvalue weighted by molar-refractivity contribution is 9.10. The monoisotopic (exact) mass is 346 g/mol. The van der Waals surface area contributed by atoms with Crippen molar-refractivity contribution in [2.24, 2.45) is 0 Å². The molecule has 98 valence electrons. The Morgan fingerprint density at radius 2 is 2.11 bits per heavy atom. The van der Waals surface area contributed by atoms with Crippen LogP contribution in [0.15, 0.2) is 8.81 Å². The van der Waals surface area contributed by atoms with Gasteiger partial charge in [0.1, 0.15) is 5.01 Å². The van der Waals surface area contributed by atoms with Crippen LogP contribution in [0.3, 0.4) is 0 Å². The van der Waals surface area contributed by atoms with Gasteiger partial charge in [0.05, 0.1) is 15.9 Å². The van der Waals surface area contributed by atoms with E-state index in [0.29, 0.717) is 0 Å². The second-order valence-corrected chi connectivity index (χ2v) is 6.95. The predicted molar refractivity (Wildman–Crippen MR) is 79.2 cm³/mol. The van der Waals surface area contributed by atoms with Crippen molar-refractivity contribution in [3.8, 4) is 0 Å². The summed E-state index contributed by atoms with van der Waals surface area (Å²) in [4.78, 5) is 0. The van der Waals surface area contributed by atoms with Crippen molar-refractivity contribution in [3.05, 3.63) is 20.9 Å². The molecule has 0 unspecified atom stereocenters. The summed E-state index contributed by atoms with van der Waals surface area (Å²) in [6.07, 6.45) is 0.948. The van der Waals surface area contributed by atoms with E-state index in [0.717, 1.165) is 38.2 Å². The summed E-state index contributed by atoms with van der Waals surface area (Å²) in [7, 11) is 0. The van der Waals surface area contributed by atoms with Gasteiger partial charge in [0.2, 0.25) is 0 Å². The molecule has 2 heterocycles. The Morgan fingerprint density at radius 1 is 1.33 bits per heavy atom. The van der Waals surface area contributed by atoms with Gasteiger partial charge < -0.3 is 0 Å². The minimum absolute atomic E-state index is 0.871. The second kappa shape index (κ2) is 6.16. The summed E-state index contributed by atoms with van der Waals surface area (Å²) in [6, 6.07) is 0. The third-order valence-corrected chi connectivity index (χ3v) is 5.43. The number of rotatable bonds is 5. The van der Waals surface area contributed by atoms with Gasteiger partial charge in [-0.25, -0.2) is 0 Å². The SMILES string of the molecule is CCc1nn(CC)c(CSc2nnc(C)s2)c1Br. The number of nitrogens with zero attached hydrogens (tertiary/aromatic N) is 4. The van der Waals surface area contributed by atoms with Crippen molar-refractivity contribution in [3.63, 3.8) is 0 Å². The molecule has 7 heteroatoms. The van der Waals surface area contributed by atoms with Crippen LogP contribution in [-0.2, 0) is 18.7 Å².